The lowest BCUT2D eigenvalue weighted by molar-refractivity contribution is -0.118. The van der Waals surface area contributed by atoms with Crippen molar-refractivity contribution in [2.24, 2.45) is 0 Å². The van der Waals surface area contributed by atoms with Crippen LogP contribution < -0.4 is 10.1 Å². The number of ether oxygens (including phenoxy) is 1. The van der Waals surface area contributed by atoms with Gasteiger partial charge in [-0.25, -0.2) is 0 Å². The summed E-state index contributed by atoms with van der Waals surface area (Å²) in [4.78, 5) is 12.1. The van der Waals surface area contributed by atoms with E-state index in [0.717, 1.165) is 23.2 Å². The average molecular weight is 345 g/mol. The van der Waals surface area contributed by atoms with Crippen LogP contribution in [-0.2, 0) is 27.8 Å². The maximum Gasteiger partial charge on any atom is 0.262 e. The highest BCUT2D eigenvalue weighted by molar-refractivity contribution is 7.83. The molecule has 5 heteroatoms. The van der Waals surface area contributed by atoms with Gasteiger partial charge in [-0.1, -0.05) is 31.2 Å². The molecule has 2 rings (SSSR count). The van der Waals surface area contributed by atoms with Gasteiger partial charge in [-0.05, 0) is 48.2 Å². The first kappa shape index (κ1) is 18.2. The monoisotopic (exact) mass is 345 g/mol. The van der Waals surface area contributed by atoms with Gasteiger partial charge in [-0.2, -0.15) is 0 Å². The van der Waals surface area contributed by atoms with Gasteiger partial charge in [0, 0.05) is 28.5 Å². The molecule has 2 aromatic carbocycles. The van der Waals surface area contributed by atoms with E-state index in [-0.39, 0.29) is 12.5 Å². The second kappa shape index (κ2) is 8.64. The first-order chi connectivity index (χ1) is 11.5. The van der Waals surface area contributed by atoms with E-state index in [2.05, 4.69) is 12.2 Å². The molecular formula is C19H23NO3S. The molecule has 0 saturated heterocycles. The van der Waals surface area contributed by atoms with Crippen LogP contribution >= 0.6 is 0 Å². The van der Waals surface area contributed by atoms with Crippen molar-refractivity contribution in [3.05, 3.63) is 59.2 Å². The van der Waals surface area contributed by atoms with Crippen molar-refractivity contribution in [3.63, 3.8) is 0 Å². The molecule has 0 aliphatic rings. The number of benzene rings is 2. The summed E-state index contributed by atoms with van der Waals surface area (Å²) in [5, 5.41) is 2.85. The number of aryl methyl sites for hydroxylation is 1. The zero-order chi connectivity index (χ0) is 17.5. The zero-order valence-electron chi connectivity index (χ0n) is 14.3. The third kappa shape index (κ3) is 5.20. The quantitative estimate of drug-likeness (QED) is 0.836. The third-order valence-electron chi connectivity index (χ3n) is 3.78. The normalized spacial score (nSPS) is 11.8. The minimum atomic E-state index is -0.916. The van der Waals surface area contributed by atoms with Crippen molar-refractivity contribution in [3.8, 4) is 5.75 Å². The number of nitrogens with one attached hydrogen (secondary N) is 1. The van der Waals surface area contributed by atoms with Crippen molar-refractivity contribution >= 4 is 22.4 Å². The average Bonchev–Trinajstić information content (AvgIpc) is 2.56. The first-order valence-corrected chi connectivity index (χ1v) is 9.62. The Kier molecular flexibility index (Phi) is 6.55. The summed E-state index contributed by atoms with van der Waals surface area (Å²) in [5.74, 6) is 0.942. The van der Waals surface area contributed by atoms with Crippen molar-refractivity contribution < 1.29 is 13.7 Å². The van der Waals surface area contributed by atoms with Gasteiger partial charge in [0.25, 0.3) is 5.91 Å². The van der Waals surface area contributed by atoms with E-state index in [1.807, 2.05) is 49.4 Å². The molecule has 0 aliphatic carbocycles. The predicted octanol–water partition coefficient (Wildman–Crippen LogP) is 3.45. The maximum atomic E-state index is 12.1. The Morgan fingerprint density at radius 2 is 1.88 bits per heavy atom. The van der Waals surface area contributed by atoms with Crippen LogP contribution in [0, 0.1) is 6.92 Å². The number of carbonyl (C=O) groups is 1. The van der Waals surface area contributed by atoms with Gasteiger partial charge < -0.3 is 10.1 Å². The first-order valence-electron chi connectivity index (χ1n) is 7.89. The number of hydrogen-bond acceptors (Lipinski definition) is 3. The molecule has 0 aliphatic heterocycles. The lowest BCUT2D eigenvalue weighted by Crippen LogP contribution is -2.21. The summed E-state index contributed by atoms with van der Waals surface area (Å²) in [5.41, 5.74) is 3.87. The summed E-state index contributed by atoms with van der Waals surface area (Å²) >= 11 is 0. The predicted molar refractivity (Wildman–Crippen MR) is 98.9 cm³/mol. The van der Waals surface area contributed by atoms with Gasteiger partial charge in [0.2, 0.25) is 0 Å². The summed E-state index contributed by atoms with van der Waals surface area (Å²) in [6.07, 6.45) is 2.64. The standard InChI is InChI=1S/C19H23NO3S/c1-4-15-8-10-17(11-9-15)23-12-19(21)20-18-7-5-6-16(14(18)2)13-24(3)22/h5-11H,4,12-13H2,1-3H3,(H,20,21)/t24-/m0/s1. The minimum absolute atomic E-state index is 0.0468. The van der Waals surface area contributed by atoms with Crippen molar-refractivity contribution in [2.45, 2.75) is 26.0 Å². The van der Waals surface area contributed by atoms with Gasteiger partial charge in [0.1, 0.15) is 5.75 Å². The van der Waals surface area contributed by atoms with E-state index in [1.165, 1.54) is 5.56 Å². The molecule has 128 valence electrons. The van der Waals surface area contributed by atoms with Gasteiger partial charge >= 0.3 is 0 Å². The van der Waals surface area contributed by atoms with Crippen LogP contribution in [0.1, 0.15) is 23.6 Å². The highest BCUT2D eigenvalue weighted by atomic mass is 32.2. The Labute approximate surface area is 145 Å². The highest BCUT2D eigenvalue weighted by Crippen LogP contribution is 2.20. The van der Waals surface area contributed by atoms with Crippen LogP contribution in [-0.4, -0.2) is 23.0 Å². The van der Waals surface area contributed by atoms with E-state index >= 15 is 0 Å². The molecule has 2 aromatic rings. The molecule has 0 spiro atoms. The summed E-state index contributed by atoms with van der Waals surface area (Å²) in [6.45, 7) is 3.96. The van der Waals surface area contributed by atoms with Crippen molar-refractivity contribution in [1.82, 2.24) is 0 Å². The molecule has 0 bridgehead atoms. The number of rotatable bonds is 7. The fourth-order valence-corrected chi connectivity index (χ4v) is 3.10. The lowest BCUT2D eigenvalue weighted by Gasteiger charge is -2.12. The lowest BCUT2D eigenvalue weighted by atomic mass is 10.1. The number of anilines is 1. The fraction of sp³-hybridized carbons (Fsp3) is 0.316. The highest BCUT2D eigenvalue weighted by Gasteiger charge is 2.09. The second-order valence-corrected chi connectivity index (χ2v) is 7.08. The molecule has 0 heterocycles. The molecule has 1 N–H and O–H groups in total. The van der Waals surface area contributed by atoms with E-state index in [4.69, 9.17) is 4.74 Å². The Bertz CT molecular complexity index is 726. The molecule has 1 atom stereocenters. The number of hydrogen-bond donors (Lipinski definition) is 1. The van der Waals surface area contributed by atoms with Crippen LogP contribution in [0.2, 0.25) is 0 Å². The topological polar surface area (TPSA) is 55.4 Å². The Balaban J connectivity index is 1.95. The number of amides is 1. The second-order valence-electron chi connectivity index (χ2n) is 5.64. The van der Waals surface area contributed by atoms with Gasteiger partial charge in [0.15, 0.2) is 6.61 Å². The summed E-state index contributed by atoms with van der Waals surface area (Å²) in [6, 6.07) is 13.3. The fourth-order valence-electron chi connectivity index (χ4n) is 2.35. The van der Waals surface area contributed by atoms with Gasteiger partial charge in [0.05, 0.1) is 0 Å². The SMILES string of the molecule is CCc1ccc(OCC(=O)Nc2cccc(C[S@](C)=O)c2C)cc1. The molecule has 0 radical (unpaired) electrons. The van der Waals surface area contributed by atoms with E-state index in [1.54, 1.807) is 6.26 Å². The molecule has 24 heavy (non-hydrogen) atoms. The van der Waals surface area contributed by atoms with Gasteiger partial charge in [-0.15, -0.1) is 0 Å². The van der Waals surface area contributed by atoms with Crippen LogP contribution in [0.15, 0.2) is 42.5 Å². The Morgan fingerprint density at radius 1 is 1.17 bits per heavy atom. The summed E-state index contributed by atoms with van der Waals surface area (Å²) < 4.78 is 16.9. The van der Waals surface area contributed by atoms with E-state index < -0.39 is 10.8 Å². The largest absolute Gasteiger partial charge is 0.484 e. The summed E-state index contributed by atoms with van der Waals surface area (Å²) in [7, 11) is -0.916. The van der Waals surface area contributed by atoms with Crippen LogP contribution in [0.25, 0.3) is 0 Å². The number of carbonyl (C=O) groups excluding carboxylic acids is 1. The molecule has 0 unspecified atom stereocenters. The van der Waals surface area contributed by atoms with Crippen LogP contribution in [0.5, 0.6) is 5.75 Å². The molecule has 1 amide bonds. The Hall–Kier alpha value is -2.14. The zero-order valence-corrected chi connectivity index (χ0v) is 15.1. The molecule has 0 aromatic heterocycles. The van der Waals surface area contributed by atoms with Crippen molar-refractivity contribution in [2.75, 3.05) is 18.2 Å². The third-order valence-corrected chi connectivity index (χ3v) is 4.50. The molecule has 4 nitrogen and oxygen atoms in total. The van der Waals surface area contributed by atoms with Crippen molar-refractivity contribution in [1.29, 1.82) is 0 Å². The molecular weight excluding hydrogens is 322 g/mol. The molecule has 0 fully saturated rings. The molecule has 0 saturated carbocycles. The van der Waals surface area contributed by atoms with E-state index in [9.17, 15) is 9.00 Å². The van der Waals surface area contributed by atoms with Gasteiger partial charge in [-0.3, -0.25) is 9.00 Å². The Morgan fingerprint density at radius 3 is 2.50 bits per heavy atom. The smallest absolute Gasteiger partial charge is 0.262 e. The maximum absolute atomic E-state index is 12.1. The minimum Gasteiger partial charge on any atom is -0.484 e. The van der Waals surface area contributed by atoms with E-state index in [0.29, 0.717) is 11.5 Å². The van der Waals surface area contributed by atoms with Crippen LogP contribution in [0.4, 0.5) is 5.69 Å². The van der Waals surface area contributed by atoms with Crippen LogP contribution in [0.3, 0.4) is 0 Å².